The van der Waals surface area contributed by atoms with Gasteiger partial charge in [0.05, 0.1) is 32.0 Å². The largest absolute Gasteiger partial charge is 0.661 e. The van der Waals surface area contributed by atoms with Gasteiger partial charge in [-0.25, -0.2) is 4.79 Å². The van der Waals surface area contributed by atoms with Crippen molar-refractivity contribution in [1.29, 1.82) is 0 Å². The molecule has 0 saturated carbocycles. The van der Waals surface area contributed by atoms with Gasteiger partial charge in [0.1, 0.15) is 17.8 Å². The fourth-order valence-electron chi connectivity index (χ4n) is 6.12. The highest BCUT2D eigenvalue weighted by molar-refractivity contribution is 5.90. The number of aliphatic carboxylic acids is 1. The molecular weight excluding hydrogens is 538 g/mol. The molecule has 226 valence electrons. The number of carbonyl (C=O) groups excluding carboxylic acids is 1. The normalized spacial score (nSPS) is 34.7. The second-order valence-electron chi connectivity index (χ2n) is 10.6. The lowest BCUT2D eigenvalue weighted by Crippen LogP contribution is -2.74. The van der Waals surface area contributed by atoms with Crippen molar-refractivity contribution in [2.75, 3.05) is 20.3 Å². The number of carboxylic acid groups (broad SMARTS) is 1. The smallest absolute Gasteiger partial charge is 0.333 e. The quantitative estimate of drug-likeness (QED) is 0.161. The Balaban J connectivity index is 1.70. The second-order valence-corrected chi connectivity index (χ2v) is 10.6. The summed E-state index contributed by atoms with van der Waals surface area (Å²) in [6.07, 6.45) is 1.49. The van der Waals surface area contributed by atoms with Crippen molar-refractivity contribution in [2.45, 2.75) is 74.8 Å². The number of aliphatic hydroxyl groups is 4. The van der Waals surface area contributed by atoms with Crippen LogP contribution in [-0.4, -0.2) is 93.6 Å². The lowest BCUT2D eigenvalue weighted by atomic mass is 9.73. The van der Waals surface area contributed by atoms with E-state index in [4.69, 9.17) is 18.9 Å². The van der Waals surface area contributed by atoms with Crippen molar-refractivity contribution < 1.29 is 54.1 Å². The van der Waals surface area contributed by atoms with Crippen LogP contribution in [0.15, 0.2) is 36.6 Å². The van der Waals surface area contributed by atoms with Crippen molar-refractivity contribution >= 4 is 23.8 Å². The number of hydrogen-bond donors (Lipinski definition) is 5. The molecule has 1 saturated heterocycles. The summed E-state index contributed by atoms with van der Waals surface area (Å²) in [5.74, 6) is -2.89. The zero-order valence-corrected chi connectivity index (χ0v) is 23.1. The molecule has 3 heterocycles. The number of carbonyl (C=O) groups is 2. The van der Waals surface area contributed by atoms with Gasteiger partial charge in [0.2, 0.25) is 0 Å². The van der Waals surface area contributed by atoms with Crippen LogP contribution in [-0.2, 0) is 28.5 Å². The van der Waals surface area contributed by atoms with Crippen molar-refractivity contribution in [3.8, 4) is 0 Å². The molecule has 1 aliphatic carbocycles. The van der Waals surface area contributed by atoms with Crippen LogP contribution in [0.5, 0.6) is 0 Å². The van der Waals surface area contributed by atoms with Gasteiger partial charge < -0.3 is 49.5 Å². The van der Waals surface area contributed by atoms with Crippen LogP contribution in [0.1, 0.15) is 39.0 Å². The molecular formula is C29H38NO11-. The van der Waals surface area contributed by atoms with E-state index in [9.17, 15) is 35.1 Å². The van der Waals surface area contributed by atoms with Crippen molar-refractivity contribution in [3.63, 3.8) is 0 Å². The molecule has 1 aromatic rings. The molecule has 0 amide bonds. The average molecular weight is 577 g/mol. The SMILES string of the molecule is C=CC1C(OC2OC(CO)C3(C=c4cc[n-]c4=C(CCCO)O3)C(O)C2(O)CC)CC=C(C(=O)OC)C1CC(=O)O. The number of aliphatic hydroxyl groups excluding tert-OH is 3. The maximum atomic E-state index is 12.4. The van der Waals surface area contributed by atoms with Crippen LogP contribution >= 0.6 is 0 Å². The van der Waals surface area contributed by atoms with Crippen molar-refractivity contribution in [3.05, 3.63) is 47.1 Å². The number of carboxylic acids is 1. The summed E-state index contributed by atoms with van der Waals surface area (Å²) >= 11 is 0. The van der Waals surface area contributed by atoms with Crippen LogP contribution in [0.3, 0.4) is 0 Å². The molecule has 1 fully saturated rings. The van der Waals surface area contributed by atoms with Gasteiger partial charge in [-0.1, -0.05) is 30.5 Å². The van der Waals surface area contributed by atoms with Gasteiger partial charge >= 0.3 is 11.9 Å². The van der Waals surface area contributed by atoms with Gasteiger partial charge in [0.15, 0.2) is 11.9 Å². The van der Waals surface area contributed by atoms with Crippen molar-refractivity contribution in [2.24, 2.45) is 11.8 Å². The fraction of sp³-hybridized carbons (Fsp3) is 0.586. The Morgan fingerprint density at radius 1 is 1.32 bits per heavy atom. The summed E-state index contributed by atoms with van der Waals surface area (Å²) in [5, 5.41) is 54.3. The number of methoxy groups -OCH3 is 1. The molecule has 1 aromatic heterocycles. The standard InChI is InChI=1S/C29H38NO11/c1-4-17-19(13-23(33)34)18(25(35)38-3)8-9-20(17)39-27-28(37,5-2)26(36)29(22(15-32)40-27)14-16-10-11-30-24(16)21(41-29)7-6-12-31/h4,8,10-11,14,17,19-20,22,26-27,31-32,36-37H,1,5-7,9,12-13,15H2,2-3H3,(H,33,34)/q-1. The lowest BCUT2D eigenvalue weighted by Gasteiger charge is -2.56. The third kappa shape index (κ3) is 5.47. The number of hydrogen-bond acceptors (Lipinski definition) is 10. The third-order valence-electron chi connectivity index (χ3n) is 8.32. The molecule has 12 nitrogen and oxygen atoms in total. The van der Waals surface area contributed by atoms with Gasteiger partial charge in [0, 0.05) is 30.4 Å². The van der Waals surface area contributed by atoms with Gasteiger partial charge in [-0.3, -0.25) is 4.79 Å². The van der Waals surface area contributed by atoms with Gasteiger partial charge in [0.25, 0.3) is 0 Å². The summed E-state index contributed by atoms with van der Waals surface area (Å²) in [5.41, 5.74) is -3.55. The first-order valence-corrected chi connectivity index (χ1v) is 13.7. The fourth-order valence-corrected chi connectivity index (χ4v) is 6.12. The Morgan fingerprint density at radius 3 is 2.68 bits per heavy atom. The first-order valence-electron chi connectivity index (χ1n) is 13.7. The minimum Gasteiger partial charge on any atom is -0.661 e. The predicted octanol–water partition coefficient (Wildman–Crippen LogP) is -0.925. The highest BCUT2D eigenvalue weighted by Gasteiger charge is 2.64. The summed E-state index contributed by atoms with van der Waals surface area (Å²) in [7, 11) is 1.21. The van der Waals surface area contributed by atoms with Gasteiger partial charge in [-0.05, 0) is 30.6 Å². The zero-order chi connectivity index (χ0) is 29.9. The Kier molecular flexibility index (Phi) is 9.42. The Morgan fingerprint density at radius 2 is 2.07 bits per heavy atom. The summed E-state index contributed by atoms with van der Waals surface area (Å²) in [6, 6.07) is 1.72. The molecule has 0 radical (unpaired) electrons. The Labute approximate surface area is 237 Å². The van der Waals surface area contributed by atoms with Gasteiger partial charge in [-0.15, -0.1) is 6.58 Å². The summed E-state index contributed by atoms with van der Waals surface area (Å²) < 4.78 is 23.6. The van der Waals surface area contributed by atoms with Gasteiger partial charge in [-0.2, -0.15) is 6.20 Å². The molecule has 3 aliphatic rings. The van der Waals surface area contributed by atoms with E-state index in [0.717, 1.165) is 0 Å². The highest BCUT2D eigenvalue weighted by Crippen LogP contribution is 2.46. The van der Waals surface area contributed by atoms with Crippen LogP contribution in [0, 0.1) is 11.8 Å². The number of esters is 1. The van der Waals surface area contributed by atoms with Crippen LogP contribution < -0.4 is 15.6 Å². The van der Waals surface area contributed by atoms with E-state index in [-0.39, 0.29) is 25.0 Å². The molecule has 0 bridgehead atoms. The van der Waals surface area contributed by atoms with E-state index < -0.39 is 72.6 Å². The van der Waals surface area contributed by atoms with E-state index in [1.807, 2.05) is 0 Å². The van der Waals surface area contributed by atoms with E-state index >= 15 is 0 Å². The monoisotopic (exact) mass is 576 g/mol. The molecule has 4 rings (SSSR count). The molecule has 2 aliphatic heterocycles. The van der Waals surface area contributed by atoms with E-state index in [1.165, 1.54) is 13.2 Å². The van der Waals surface area contributed by atoms with Crippen molar-refractivity contribution in [1.82, 2.24) is 4.98 Å². The van der Waals surface area contributed by atoms with E-state index in [2.05, 4.69) is 11.6 Å². The zero-order valence-electron chi connectivity index (χ0n) is 23.1. The van der Waals surface area contributed by atoms with E-state index in [0.29, 0.717) is 29.2 Å². The van der Waals surface area contributed by atoms with Crippen LogP contribution in [0.2, 0.25) is 0 Å². The minimum atomic E-state index is -2.04. The topological polar surface area (TPSA) is 186 Å². The maximum Gasteiger partial charge on any atom is 0.333 e. The first kappa shape index (κ1) is 30.9. The van der Waals surface area contributed by atoms with Crippen LogP contribution in [0.4, 0.5) is 0 Å². The summed E-state index contributed by atoms with van der Waals surface area (Å²) in [4.78, 5) is 28.4. The molecule has 8 atom stereocenters. The number of nitrogens with zero attached hydrogens (tertiary/aromatic N) is 1. The highest BCUT2D eigenvalue weighted by atomic mass is 16.7. The third-order valence-corrected chi connectivity index (χ3v) is 8.32. The number of rotatable bonds is 11. The first-order chi connectivity index (χ1) is 19.6. The molecule has 8 unspecified atom stereocenters. The predicted molar refractivity (Wildman–Crippen MR) is 143 cm³/mol. The Bertz CT molecular complexity index is 1290. The molecule has 12 heteroatoms. The average Bonchev–Trinajstić information content (AvgIpc) is 3.44. The Hall–Kier alpha value is -3.00. The molecule has 5 N–H and O–H groups in total. The molecule has 1 spiro atoms. The minimum absolute atomic E-state index is 0.0404. The molecule has 0 aromatic carbocycles. The number of aromatic nitrogens is 1. The number of fused-ring (bicyclic) bond motifs is 1. The van der Waals surface area contributed by atoms with Crippen LogP contribution in [0.25, 0.3) is 11.8 Å². The number of ether oxygens (including phenoxy) is 4. The molecule has 41 heavy (non-hydrogen) atoms. The second kappa shape index (κ2) is 12.5. The van der Waals surface area contributed by atoms with E-state index in [1.54, 1.807) is 31.3 Å². The lowest BCUT2D eigenvalue weighted by molar-refractivity contribution is -0.365. The summed E-state index contributed by atoms with van der Waals surface area (Å²) in [6.45, 7) is 4.76. The maximum absolute atomic E-state index is 12.4.